The van der Waals surface area contributed by atoms with E-state index in [9.17, 15) is 0 Å². The van der Waals surface area contributed by atoms with Crippen molar-refractivity contribution in [2.24, 2.45) is 0 Å². The van der Waals surface area contributed by atoms with Gasteiger partial charge in [0.15, 0.2) is 0 Å². The Morgan fingerprint density at radius 1 is 0.485 bits per heavy atom. The van der Waals surface area contributed by atoms with Crippen LogP contribution in [0.5, 0.6) is 11.5 Å². The summed E-state index contributed by atoms with van der Waals surface area (Å²) in [5, 5.41) is 0. The first kappa shape index (κ1) is 28.8. The minimum absolute atomic E-state index is 0.987. The second-order valence-corrected chi connectivity index (χ2v) is 31.2. The molecule has 5 heteroatoms. The van der Waals surface area contributed by atoms with Gasteiger partial charge in [-0.15, -0.1) is 0 Å². The van der Waals surface area contributed by atoms with Crippen molar-refractivity contribution in [1.82, 2.24) is 0 Å². The quantitative estimate of drug-likeness (QED) is 0.215. The summed E-state index contributed by atoms with van der Waals surface area (Å²) in [4.78, 5) is 8.92. The van der Waals surface area contributed by atoms with Crippen molar-refractivity contribution in [2.75, 3.05) is 0 Å². The average molecular weight is 668 g/mol. The van der Waals surface area contributed by atoms with Gasteiger partial charge in [-0.05, 0) is 0 Å². The summed E-state index contributed by atoms with van der Waals surface area (Å²) >= 11 is -6.61. The molecule has 0 fully saturated rings. The molecule has 0 atom stereocenters. The zero-order chi connectivity index (χ0) is 24.8. The van der Waals surface area contributed by atoms with E-state index in [1.807, 2.05) is 0 Å². The Kier molecular flexibility index (Phi) is 10.9. The zero-order valence-electron chi connectivity index (χ0n) is 22.8. The second kappa shape index (κ2) is 12.5. The predicted molar refractivity (Wildman–Crippen MR) is 146 cm³/mol. The van der Waals surface area contributed by atoms with Crippen LogP contribution in [0.2, 0.25) is 19.8 Å². The van der Waals surface area contributed by atoms with Gasteiger partial charge < -0.3 is 0 Å². The van der Waals surface area contributed by atoms with E-state index in [4.69, 9.17) is 7.56 Å². The summed E-state index contributed by atoms with van der Waals surface area (Å²) in [6.45, 7) is 13.4. The minimum atomic E-state index is -3.31. The van der Waals surface area contributed by atoms with E-state index in [0.717, 1.165) is 50.0 Å². The maximum atomic E-state index is 6.87. The summed E-state index contributed by atoms with van der Waals surface area (Å²) in [6.07, 6.45) is 6.19. The third-order valence-electron chi connectivity index (χ3n) is 6.35. The molecule has 0 bridgehead atoms. The van der Waals surface area contributed by atoms with E-state index in [-0.39, 0.29) is 0 Å². The molecule has 0 radical (unpaired) electrons. The molecule has 0 aliphatic carbocycles. The number of aryl methyl sites for hydroxylation is 2. The van der Waals surface area contributed by atoms with Crippen LogP contribution in [0, 0.1) is 0 Å². The SMILES string of the molecule is CCc1ccc([O][Sn]([CH3])([CH3])[O][Sn]([CH3])([CH3])[O]c2ccc(CC)c(CC)c2CC)c(CC)c1CC. The fourth-order valence-electron chi connectivity index (χ4n) is 5.11. The molecule has 184 valence electrons. The van der Waals surface area contributed by atoms with Crippen molar-refractivity contribution in [1.29, 1.82) is 0 Å². The number of hydrogen-bond donors (Lipinski definition) is 0. The molecule has 0 aliphatic heterocycles. The predicted octanol–water partition coefficient (Wildman–Crippen LogP) is 7.94. The van der Waals surface area contributed by atoms with E-state index < -0.39 is 38.4 Å². The Hall–Kier alpha value is -0.403. The Morgan fingerprint density at radius 2 is 0.818 bits per heavy atom. The molecule has 0 saturated carbocycles. The molecule has 2 aromatic rings. The van der Waals surface area contributed by atoms with E-state index in [0.29, 0.717) is 0 Å². The van der Waals surface area contributed by atoms with Crippen LogP contribution < -0.4 is 6.15 Å². The van der Waals surface area contributed by atoms with Gasteiger partial charge in [-0.1, -0.05) is 0 Å². The van der Waals surface area contributed by atoms with E-state index in [2.05, 4.69) is 85.6 Å². The van der Waals surface area contributed by atoms with Crippen molar-refractivity contribution in [3.63, 3.8) is 0 Å². The molecule has 33 heavy (non-hydrogen) atoms. The summed E-state index contributed by atoms with van der Waals surface area (Å²) in [5.41, 5.74) is 8.49. The van der Waals surface area contributed by atoms with Crippen LogP contribution in [-0.4, -0.2) is 38.4 Å². The van der Waals surface area contributed by atoms with Gasteiger partial charge in [0.1, 0.15) is 0 Å². The molecule has 0 amide bonds. The molecular formula is C28H46O3Sn2. The molecule has 0 N–H and O–H groups in total. The fraction of sp³-hybridized carbons (Fsp3) is 0.571. The van der Waals surface area contributed by atoms with Crippen molar-refractivity contribution in [3.8, 4) is 11.5 Å². The monoisotopic (exact) mass is 670 g/mol. The molecule has 0 aromatic heterocycles. The zero-order valence-corrected chi connectivity index (χ0v) is 28.5. The van der Waals surface area contributed by atoms with Crippen LogP contribution in [0.3, 0.4) is 0 Å². The van der Waals surface area contributed by atoms with Gasteiger partial charge in [0, 0.05) is 0 Å². The first-order valence-electron chi connectivity index (χ1n) is 12.9. The van der Waals surface area contributed by atoms with Crippen LogP contribution >= 0.6 is 0 Å². The van der Waals surface area contributed by atoms with Gasteiger partial charge in [-0.2, -0.15) is 0 Å². The van der Waals surface area contributed by atoms with Crippen molar-refractivity contribution in [2.45, 2.75) is 99.8 Å². The summed E-state index contributed by atoms with van der Waals surface area (Å²) in [7, 11) is 0. The fourth-order valence-corrected chi connectivity index (χ4v) is 37.1. The summed E-state index contributed by atoms with van der Waals surface area (Å²) < 4.78 is 20.3. The molecule has 2 rings (SSSR count). The van der Waals surface area contributed by atoms with E-state index >= 15 is 0 Å². The van der Waals surface area contributed by atoms with Crippen molar-refractivity contribution >= 4 is 38.4 Å². The topological polar surface area (TPSA) is 27.7 Å². The molecule has 2 aromatic carbocycles. The van der Waals surface area contributed by atoms with Gasteiger partial charge in [-0.25, -0.2) is 0 Å². The average Bonchev–Trinajstić information content (AvgIpc) is 2.76. The third kappa shape index (κ3) is 7.30. The van der Waals surface area contributed by atoms with E-state index in [1.165, 1.54) is 33.4 Å². The molecule has 0 saturated heterocycles. The van der Waals surface area contributed by atoms with Crippen LogP contribution in [0.1, 0.15) is 74.9 Å². The van der Waals surface area contributed by atoms with Gasteiger partial charge >= 0.3 is 215 Å². The number of rotatable bonds is 12. The Labute approximate surface area is 213 Å². The Morgan fingerprint density at radius 3 is 1.09 bits per heavy atom. The Balaban J connectivity index is 2.30. The first-order valence-corrected chi connectivity index (χ1v) is 29.0. The summed E-state index contributed by atoms with van der Waals surface area (Å²) in [5.74, 6) is 2.06. The van der Waals surface area contributed by atoms with Crippen LogP contribution in [-0.2, 0) is 39.9 Å². The van der Waals surface area contributed by atoms with Crippen molar-refractivity contribution < 1.29 is 7.56 Å². The standard InChI is InChI=1S/2C12H18O.4CH3.O.2Sn/c2*1-4-9-7-8-12(13)11(6-3)10(9)5-2;;;;;;;/h2*7-8,13H,4-6H2,1-3H3;4*1H3;;;/q;;;;;;;2*+1/p-2. The third-order valence-corrected chi connectivity index (χ3v) is 32.0. The molecule has 0 heterocycles. The van der Waals surface area contributed by atoms with Gasteiger partial charge in [0.25, 0.3) is 0 Å². The van der Waals surface area contributed by atoms with Crippen LogP contribution in [0.15, 0.2) is 24.3 Å². The molecule has 3 nitrogen and oxygen atoms in total. The molecule has 0 unspecified atom stereocenters. The van der Waals surface area contributed by atoms with Crippen molar-refractivity contribution in [3.05, 3.63) is 57.6 Å². The van der Waals surface area contributed by atoms with E-state index in [1.54, 1.807) is 0 Å². The number of benzene rings is 2. The molecule has 0 aliphatic rings. The summed E-state index contributed by atoms with van der Waals surface area (Å²) in [6, 6.07) is 8.84. The van der Waals surface area contributed by atoms with Gasteiger partial charge in [0.05, 0.1) is 0 Å². The Bertz CT molecular complexity index is 860. The van der Waals surface area contributed by atoms with Gasteiger partial charge in [0.2, 0.25) is 0 Å². The molecule has 0 spiro atoms. The van der Waals surface area contributed by atoms with Gasteiger partial charge in [-0.3, -0.25) is 0 Å². The van der Waals surface area contributed by atoms with Crippen LogP contribution in [0.25, 0.3) is 0 Å². The number of hydrogen-bond acceptors (Lipinski definition) is 3. The second-order valence-electron chi connectivity index (χ2n) is 9.59. The normalized spacial score (nSPS) is 12.2. The molecular weight excluding hydrogens is 622 g/mol. The maximum absolute atomic E-state index is 6.87. The first-order chi connectivity index (χ1) is 15.6. The van der Waals surface area contributed by atoms with Crippen LogP contribution in [0.4, 0.5) is 0 Å².